The molecule has 2 amide bonds. The predicted molar refractivity (Wildman–Crippen MR) is 84.0 cm³/mol. The maximum Gasteiger partial charge on any atom is 0.308 e. The smallest absolute Gasteiger partial charge is 0.308 e. The van der Waals surface area contributed by atoms with Crippen LogP contribution in [0.1, 0.15) is 37.7 Å². The molecule has 6 nitrogen and oxygen atoms in total. The van der Waals surface area contributed by atoms with E-state index >= 15 is 0 Å². The van der Waals surface area contributed by atoms with Crippen LogP contribution < -0.4 is 5.32 Å². The molecule has 0 spiro atoms. The fourth-order valence-corrected chi connectivity index (χ4v) is 3.01. The van der Waals surface area contributed by atoms with Crippen LogP contribution in [0.15, 0.2) is 24.3 Å². The van der Waals surface area contributed by atoms with Crippen LogP contribution in [0.5, 0.6) is 0 Å². The third kappa shape index (κ3) is 3.21. The molecule has 2 atom stereocenters. The predicted octanol–water partition coefficient (Wildman–Crippen LogP) is 1.82. The standard InChI is InChI=1S/C17H20N2O4/c1-10(17(22)23)9-19(11-6-7-11)16(21)13-8-15(20)18-14-5-3-2-4-12(13)14/h2-5,10-11,13H,6-9H2,1H3,(H,18,20)(H,22,23). The molecule has 1 aromatic rings. The number of nitrogens with one attached hydrogen (secondary N) is 1. The number of fused-ring (bicyclic) bond motifs is 1. The quantitative estimate of drug-likeness (QED) is 0.867. The molecule has 1 aliphatic heterocycles. The molecule has 2 N–H and O–H groups in total. The number of carboxylic acid groups (broad SMARTS) is 1. The Morgan fingerprint density at radius 3 is 2.70 bits per heavy atom. The number of para-hydroxylation sites is 1. The first-order valence-electron chi connectivity index (χ1n) is 7.89. The summed E-state index contributed by atoms with van der Waals surface area (Å²) in [6.45, 7) is 1.80. The molecule has 0 aromatic heterocycles. The fraction of sp³-hybridized carbons (Fsp3) is 0.471. The molecule has 0 saturated heterocycles. The number of carboxylic acids is 1. The topological polar surface area (TPSA) is 86.7 Å². The second kappa shape index (κ2) is 6.02. The Hall–Kier alpha value is -2.37. The number of anilines is 1. The van der Waals surface area contributed by atoms with E-state index in [0.29, 0.717) is 5.69 Å². The van der Waals surface area contributed by atoms with Crippen molar-refractivity contribution < 1.29 is 19.5 Å². The number of carbonyl (C=O) groups is 3. The maximum atomic E-state index is 13.0. The molecule has 1 saturated carbocycles. The average molecular weight is 316 g/mol. The molecule has 2 aliphatic rings. The molecule has 1 fully saturated rings. The number of carbonyl (C=O) groups excluding carboxylic acids is 2. The zero-order valence-corrected chi connectivity index (χ0v) is 13.0. The van der Waals surface area contributed by atoms with E-state index < -0.39 is 17.8 Å². The molecule has 1 aromatic carbocycles. The highest BCUT2D eigenvalue weighted by Crippen LogP contribution is 2.36. The van der Waals surface area contributed by atoms with Gasteiger partial charge in [0.25, 0.3) is 0 Å². The number of hydrogen-bond donors (Lipinski definition) is 2. The zero-order valence-electron chi connectivity index (χ0n) is 13.0. The Morgan fingerprint density at radius 2 is 2.04 bits per heavy atom. The summed E-state index contributed by atoms with van der Waals surface area (Å²) in [5, 5.41) is 11.9. The van der Waals surface area contributed by atoms with Gasteiger partial charge in [0.1, 0.15) is 0 Å². The molecule has 2 unspecified atom stereocenters. The fourth-order valence-electron chi connectivity index (χ4n) is 3.01. The summed E-state index contributed by atoms with van der Waals surface area (Å²) in [6.07, 6.45) is 1.91. The van der Waals surface area contributed by atoms with Crippen molar-refractivity contribution in [3.8, 4) is 0 Å². The van der Waals surface area contributed by atoms with Crippen molar-refractivity contribution >= 4 is 23.5 Å². The summed E-state index contributed by atoms with van der Waals surface area (Å²) >= 11 is 0. The van der Waals surface area contributed by atoms with Gasteiger partial charge in [0.2, 0.25) is 11.8 Å². The van der Waals surface area contributed by atoms with Gasteiger partial charge in [0.05, 0.1) is 11.8 Å². The molecular weight excluding hydrogens is 296 g/mol. The minimum atomic E-state index is -0.912. The normalized spacial score (nSPS) is 21.1. The van der Waals surface area contributed by atoms with Gasteiger partial charge in [0, 0.05) is 24.7 Å². The van der Waals surface area contributed by atoms with Crippen molar-refractivity contribution in [2.24, 2.45) is 5.92 Å². The lowest BCUT2D eigenvalue weighted by Crippen LogP contribution is -2.43. The SMILES string of the molecule is CC(CN(C(=O)C1CC(=O)Nc2ccccc21)C1CC1)C(=O)O. The van der Waals surface area contributed by atoms with Crippen LogP contribution in [-0.4, -0.2) is 40.4 Å². The van der Waals surface area contributed by atoms with Gasteiger partial charge in [-0.2, -0.15) is 0 Å². The highest BCUT2D eigenvalue weighted by molar-refractivity contribution is 6.01. The van der Waals surface area contributed by atoms with E-state index in [1.165, 1.54) is 0 Å². The minimum absolute atomic E-state index is 0.112. The van der Waals surface area contributed by atoms with E-state index in [-0.39, 0.29) is 30.8 Å². The van der Waals surface area contributed by atoms with Crippen LogP contribution in [-0.2, 0) is 14.4 Å². The maximum absolute atomic E-state index is 13.0. The Balaban J connectivity index is 1.85. The van der Waals surface area contributed by atoms with E-state index in [0.717, 1.165) is 18.4 Å². The summed E-state index contributed by atoms with van der Waals surface area (Å²) in [4.78, 5) is 37.7. The van der Waals surface area contributed by atoms with Crippen LogP contribution >= 0.6 is 0 Å². The zero-order chi connectivity index (χ0) is 16.6. The van der Waals surface area contributed by atoms with Crippen LogP contribution in [0, 0.1) is 5.92 Å². The number of amides is 2. The van der Waals surface area contributed by atoms with Gasteiger partial charge in [-0.25, -0.2) is 0 Å². The van der Waals surface area contributed by atoms with Gasteiger partial charge in [0.15, 0.2) is 0 Å². The number of benzene rings is 1. The Labute approximate surface area is 134 Å². The van der Waals surface area contributed by atoms with Gasteiger partial charge in [-0.15, -0.1) is 0 Å². The largest absolute Gasteiger partial charge is 0.481 e. The van der Waals surface area contributed by atoms with Gasteiger partial charge in [-0.1, -0.05) is 25.1 Å². The van der Waals surface area contributed by atoms with E-state index in [2.05, 4.69) is 5.32 Å². The highest BCUT2D eigenvalue weighted by Gasteiger charge is 2.40. The average Bonchev–Trinajstić information content (AvgIpc) is 3.35. The molecule has 6 heteroatoms. The van der Waals surface area contributed by atoms with Crippen LogP contribution in [0.3, 0.4) is 0 Å². The lowest BCUT2D eigenvalue weighted by Gasteiger charge is -2.31. The first-order chi connectivity index (χ1) is 11.0. The Morgan fingerprint density at radius 1 is 1.35 bits per heavy atom. The summed E-state index contributed by atoms with van der Waals surface area (Å²) in [5.74, 6) is -2.37. The summed E-state index contributed by atoms with van der Waals surface area (Å²) in [6, 6.07) is 7.41. The first kappa shape index (κ1) is 15.5. The summed E-state index contributed by atoms with van der Waals surface area (Å²) in [5.41, 5.74) is 1.48. The van der Waals surface area contributed by atoms with E-state index in [9.17, 15) is 14.4 Å². The van der Waals surface area contributed by atoms with Crippen LogP contribution in [0.4, 0.5) is 5.69 Å². The molecule has 0 radical (unpaired) electrons. The lowest BCUT2D eigenvalue weighted by molar-refractivity contribution is -0.144. The van der Waals surface area contributed by atoms with Gasteiger partial charge < -0.3 is 15.3 Å². The van der Waals surface area contributed by atoms with E-state index in [1.807, 2.05) is 18.2 Å². The monoisotopic (exact) mass is 316 g/mol. The van der Waals surface area contributed by atoms with Crippen molar-refractivity contribution in [3.63, 3.8) is 0 Å². The first-order valence-corrected chi connectivity index (χ1v) is 7.89. The molecule has 1 aliphatic carbocycles. The summed E-state index contributed by atoms with van der Waals surface area (Å²) < 4.78 is 0. The van der Waals surface area contributed by atoms with E-state index in [1.54, 1.807) is 17.9 Å². The van der Waals surface area contributed by atoms with Crippen LogP contribution in [0.2, 0.25) is 0 Å². The highest BCUT2D eigenvalue weighted by atomic mass is 16.4. The number of rotatable bonds is 5. The second-order valence-electron chi connectivity index (χ2n) is 6.35. The molecule has 3 rings (SSSR count). The number of aliphatic carboxylic acids is 1. The molecule has 122 valence electrons. The summed E-state index contributed by atoms with van der Waals surface area (Å²) in [7, 11) is 0. The van der Waals surface area contributed by atoms with E-state index in [4.69, 9.17) is 5.11 Å². The molecular formula is C17H20N2O4. The van der Waals surface area contributed by atoms with Gasteiger partial charge >= 0.3 is 5.97 Å². The van der Waals surface area contributed by atoms with Crippen molar-refractivity contribution in [1.29, 1.82) is 0 Å². The van der Waals surface area contributed by atoms with Crippen molar-refractivity contribution in [2.45, 2.75) is 38.1 Å². The van der Waals surface area contributed by atoms with Gasteiger partial charge in [-0.3, -0.25) is 14.4 Å². The number of hydrogen-bond acceptors (Lipinski definition) is 3. The molecule has 0 bridgehead atoms. The van der Waals surface area contributed by atoms with Gasteiger partial charge in [-0.05, 0) is 24.5 Å². The third-order valence-electron chi connectivity index (χ3n) is 4.46. The van der Waals surface area contributed by atoms with Crippen molar-refractivity contribution in [3.05, 3.63) is 29.8 Å². The lowest BCUT2D eigenvalue weighted by atomic mass is 9.89. The van der Waals surface area contributed by atoms with Crippen molar-refractivity contribution in [1.82, 2.24) is 4.90 Å². The molecule has 23 heavy (non-hydrogen) atoms. The Kier molecular flexibility index (Phi) is 4.07. The number of nitrogens with zero attached hydrogens (tertiary/aromatic N) is 1. The minimum Gasteiger partial charge on any atom is -0.481 e. The van der Waals surface area contributed by atoms with Crippen LogP contribution in [0.25, 0.3) is 0 Å². The Bertz CT molecular complexity index is 654. The second-order valence-corrected chi connectivity index (χ2v) is 6.35. The molecule has 1 heterocycles. The third-order valence-corrected chi connectivity index (χ3v) is 4.46. The van der Waals surface area contributed by atoms with Crippen molar-refractivity contribution in [2.75, 3.05) is 11.9 Å².